The minimum atomic E-state index is 0.654. The second-order valence-corrected chi connectivity index (χ2v) is 8.65. The molecule has 4 rings (SSSR count). The molecule has 0 aromatic heterocycles. The third kappa shape index (κ3) is 1.64. The molecule has 0 aliphatic heterocycles. The number of hydrogen-bond donors (Lipinski definition) is 0. The molecule has 0 radical (unpaired) electrons. The van der Waals surface area contributed by atoms with Crippen molar-refractivity contribution in [1.82, 2.24) is 0 Å². The van der Waals surface area contributed by atoms with Gasteiger partial charge in [-0.1, -0.05) is 32.4 Å². The van der Waals surface area contributed by atoms with E-state index in [0.717, 1.165) is 29.1 Å². The van der Waals surface area contributed by atoms with Crippen LogP contribution in [-0.2, 0) is 0 Å². The van der Waals surface area contributed by atoms with Gasteiger partial charge < -0.3 is 0 Å². The molecule has 3 saturated carbocycles. The maximum absolute atomic E-state index is 2.65. The lowest BCUT2D eigenvalue weighted by Gasteiger charge is -2.59. The zero-order chi connectivity index (χ0) is 13.1. The number of rotatable bonds is 0. The van der Waals surface area contributed by atoms with Crippen LogP contribution in [0.15, 0.2) is 12.2 Å². The molecule has 0 spiro atoms. The minimum absolute atomic E-state index is 0.654. The predicted octanol–water partition coefficient (Wildman–Crippen LogP) is 5.59. The van der Waals surface area contributed by atoms with E-state index < -0.39 is 0 Å². The Labute approximate surface area is 119 Å². The highest BCUT2D eigenvalue weighted by molar-refractivity contribution is 5.10. The van der Waals surface area contributed by atoms with Crippen molar-refractivity contribution >= 4 is 0 Å². The van der Waals surface area contributed by atoms with Crippen LogP contribution in [-0.4, -0.2) is 0 Å². The fraction of sp³-hybridized carbons (Fsp3) is 0.895. The summed E-state index contributed by atoms with van der Waals surface area (Å²) in [5, 5.41) is 0. The topological polar surface area (TPSA) is 0 Å². The highest BCUT2D eigenvalue weighted by Crippen LogP contribution is 2.65. The monoisotopic (exact) mass is 258 g/mol. The molecule has 19 heavy (non-hydrogen) atoms. The van der Waals surface area contributed by atoms with E-state index in [1.165, 1.54) is 38.5 Å². The van der Waals surface area contributed by atoms with Gasteiger partial charge in [0.1, 0.15) is 0 Å². The predicted molar refractivity (Wildman–Crippen MR) is 80.9 cm³/mol. The standard InChI is InChI=1S/C19H30/c1-18-11-5-7-16(18)15-9-8-14-6-3-4-12-19(14,2)17(15)10-13-18/h3-4,14-17H,5-13H2,1-2H3/t14-,15+,16+,17+,18+,19+/m1/s1. The van der Waals surface area contributed by atoms with E-state index in [2.05, 4.69) is 26.0 Å². The molecule has 4 aliphatic carbocycles. The van der Waals surface area contributed by atoms with Gasteiger partial charge in [-0.25, -0.2) is 0 Å². The van der Waals surface area contributed by atoms with E-state index in [1.54, 1.807) is 19.3 Å². The van der Waals surface area contributed by atoms with Crippen LogP contribution in [0, 0.1) is 34.5 Å². The lowest BCUT2D eigenvalue weighted by atomic mass is 9.46. The van der Waals surface area contributed by atoms with Gasteiger partial charge in [-0.15, -0.1) is 0 Å². The van der Waals surface area contributed by atoms with Crippen molar-refractivity contribution in [2.24, 2.45) is 34.5 Å². The molecule has 0 bridgehead atoms. The van der Waals surface area contributed by atoms with E-state index in [1.807, 2.05) is 0 Å². The van der Waals surface area contributed by atoms with Crippen LogP contribution in [0.5, 0.6) is 0 Å². The second kappa shape index (κ2) is 4.12. The van der Waals surface area contributed by atoms with Crippen LogP contribution in [0.1, 0.15) is 71.6 Å². The first-order valence-corrected chi connectivity index (χ1v) is 8.78. The number of fused-ring (bicyclic) bond motifs is 5. The third-order valence-corrected chi connectivity index (χ3v) is 7.99. The first-order chi connectivity index (χ1) is 9.13. The normalized spacial score (nSPS) is 56.3. The van der Waals surface area contributed by atoms with Crippen LogP contribution >= 0.6 is 0 Å². The highest BCUT2D eigenvalue weighted by Gasteiger charge is 2.56. The van der Waals surface area contributed by atoms with E-state index >= 15 is 0 Å². The summed E-state index contributed by atoms with van der Waals surface area (Å²) in [6.07, 6.45) is 18.5. The molecular weight excluding hydrogens is 228 g/mol. The first-order valence-electron chi connectivity index (χ1n) is 8.78. The van der Waals surface area contributed by atoms with E-state index in [-0.39, 0.29) is 0 Å². The van der Waals surface area contributed by atoms with Crippen LogP contribution in [0.3, 0.4) is 0 Å². The van der Waals surface area contributed by atoms with Crippen LogP contribution < -0.4 is 0 Å². The molecule has 3 fully saturated rings. The average molecular weight is 258 g/mol. The van der Waals surface area contributed by atoms with Gasteiger partial charge in [0, 0.05) is 0 Å². The average Bonchev–Trinajstić information content (AvgIpc) is 2.79. The Kier molecular flexibility index (Phi) is 2.71. The molecule has 0 aromatic carbocycles. The lowest BCUT2D eigenvalue weighted by Crippen LogP contribution is -2.51. The Balaban J connectivity index is 1.67. The minimum Gasteiger partial charge on any atom is -0.0882 e. The van der Waals surface area contributed by atoms with E-state index in [4.69, 9.17) is 0 Å². The van der Waals surface area contributed by atoms with E-state index in [9.17, 15) is 0 Å². The SMILES string of the molecule is C[C@@]12CCC[C@H]1[C@@H]1CC[C@H]3CC=CC[C@]3(C)[C@H]1CC2. The van der Waals surface area contributed by atoms with Crippen LogP contribution in [0.4, 0.5) is 0 Å². The van der Waals surface area contributed by atoms with Crippen LogP contribution in [0.2, 0.25) is 0 Å². The van der Waals surface area contributed by atoms with Crippen molar-refractivity contribution in [3.8, 4) is 0 Å². The molecule has 0 N–H and O–H groups in total. The zero-order valence-electron chi connectivity index (χ0n) is 12.8. The largest absolute Gasteiger partial charge is 0.0882 e. The molecule has 106 valence electrons. The van der Waals surface area contributed by atoms with Gasteiger partial charge in [0.05, 0.1) is 0 Å². The zero-order valence-corrected chi connectivity index (χ0v) is 12.8. The van der Waals surface area contributed by atoms with Gasteiger partial charge in [0.2, 0.25) is 0 Å². The smallest absolute Gasteiger partial charge is 0.0229 e. The van der Waals surface area contributed by atoms with E-state index in [0.29, 0.717) is 5.41 Å². The summed E-state index contributed by atoms with van der Waals surface area (Å²) in [6.45, 7) is 5.27. The summed E-state index contributed by atoms with van der Waals surface area (Å²) >= 11 is 0. The Morgan fingerprint density at radius 1 is 0.895 bits per heavy atom. The molecule has 0 unspecified atom stereocenters. The van der Waals surface area contributed by atoms with Gasteiger partial charge in [-0.3, -0.25) is 0 Å². The molecular formula is C19H30. The second-order valence-electron chi connectivity index (χ2n) is 8.65. The van der Waals surface area contributed by atoms with Gasteiger partial charge in [0.25, 0.3) is 0 Å². The maximum Gasteiger partial charge on any atom is -0.0229 e. The molecule has 0 aromatic rings. The molecule has 4 aliphatic rings. The summed E-state index contributed by atoms with van der Waals surface area (Å²) in [7, 11) is 0. The Hall–Kier alpha value is -0.260. The van der Waals surface area contributed by atoms with Gasteiger partial charge >= 0.3 is 0 Å². The van der Waals surface area contributed by atoms with Gasteiger partial charge in [-0.05, 0) is 85.9 Å². The summed E-state index contributed by atoms with van der Waals surface area (Å²) < 4.78 is 0. The third-order valence-electron chi connectivity index (χ3n) is 7.99. The van der Waals surface area contributed by atoms with Crippen molar-refractivity contribution in [2.45, 2.75) is 71.6 Å². The van der Waals surface area contributed by atoms with Gasteiger partial charge in [-0.2, -0.15) is 0 Å². The summed E-state index contributed by atoms with van der Waals surface area (Å²) in [5.74, 6) is 4.21. The Morgan fingerprint density at radius 3 is 2.68 bits per heavy atom. The highest BCUT2D eigenvalue weighted by atomic mass is 14.6. The molecule has 0 amide bonds. The quantitative estimate of drug-likeness (QED) is 0.497. The molecule has 0 heterocycles. The van der Waals surface area contributed by atoms with Crippen LogP contribution in [0.25, 0.3) is 0 Å². The maximum atomic E-state index is 2.65. The Bertz CT molecular complexity index is 395. The number of hydrogen-bond acceptors (Lipinski definition) is 0. The number of allylic oxidation sites excluding steroid dienone is 2. The van der Waals surface area contributed by atoms with Crippen molar-refractivity contribution < 1.29 is 0 Å². The molecule has 0 nitrogen and oxygen atoms in total. The summed E-state index contributed by atoms with van der Waals surface area (Å²) in [5.41, 5.74) is 1.39. The van der Waals surface area contributed by atoms with Crippen molar-refractivity contribution in [2.75, 3.05) is 0 Å². The summed E-state index contributed by atoms with van der Waals surface area (Å²) in [4.78, 5) is 0. The molecule has 6 atom stereocenters. The van der Waals surface area contributed by atoms with Crippen molar-refractivity contribution in [1.29, 1.82) is 0 Å². The molecule has 0 heteroatoms. The Morgan fingerprint density at radius 2 is 1.79 bits per heavy atom. The fourth-order valence-corrected chi connectivity index (χ4v) is 6.83. The first kappa shape index (κ1) is 12.5. The molecule has 0 saturated heterocycles. The van der Waals surface area contributed by atoms with Crippen molar-refractivity contribution in [3.63, 3.8) is 0 Å². The lowest BCUT2D eigenvalue weighted by molar-refractivity contribution is -0.0870. The van der Waals surface area contributed by atoms with Gasteiger partial charge in [0.15, 0.2) is 0 Å². The summed E-state index contributed by atoms with van der Waals surface area (Å²) in [6, 6.07) is 0. The van der Waals surface area contributed by atoms with Crippen molar-refractivity contribution in [3.05, 3.63) is 12.2 Å². The fourth-order valence-electron chi connectivity index (χ4n) is 6.83.